The van der Waals surface area contributed by atoms with Crippen LogP contribution in [0.1, 0.15) is 33.7 Å². The molecule has 2 aromatic rings. The predicted molar refractivity (Wildman–Crippen MR) is 108 cm³/mol. The highest BCUT2D eigenvalue weighted by molar-refractivity contribution is 5.93. The number of fused-ring (bicyclic) bond motifs is 1. The van der Waals surface area contributed by atoms with Gasteiger partial charge in [0.1, 0.15) is 0 Å². The van der Waals surface area contributed by atoms with Gasteiger partial charge in [0, 0.05) is 44.1 Å². The standard InChI is InChI=1S/C21H21N5O5/c1-24-10-8-21(31,19(24)28)7-5-13-3-2-4-14(11-13)26-16-6-9-25(20(29)30)12-15(16)17(23-26)18(22)27/h2-4,11,31H,6,8-10,12H2,1H3,(H2,22,27)(H,29,30)/t21-/m0/s1. The van der Waals surface area contributed by atoms with Gasteiger partial charge in [-0.2, -0.15) is 5.10 Å². The highest BCUT2D eigenvalue weighted by atomic mass is 16.4. The van der Waals surface area contributed by atoms with E-state index in [1.165, 1.54) is 9.80 Å². The van der Waals surface area contributed by atoms with E-state index in [-0.39, 0.29) is 25.2 Å². The summed E-state index contributed by atoms with van der Waals surface area (Å²) in [6.45, 7) is 0.742. The minimum Gasteiger partial charge on any atom is -0.465 e. The van der Waals surface area contributed by atoms with Crippen molar-refractivity contribution in [1.82, 2.24) is 19.6 Å². The van der Waals surface area contributed by atoms with Gasteiger partial charge in [-0.25, -0.2) is 9.48 Å². The fourth-order valence-corrected chi connectivity index (χ4v) is 3.85. The lowest BCUT2D eigenvalue weighted by Crippen LogP contribution is -2.37. The van der Waals surface area contributed by atoms with E-state index in [9.17, 15) is 24.6 Å². The molecule has 4 rings (SSSR count). The van der Waals surface area contributed by atoms with Crippen LogP contribution in [0.25, 0.3) is 5.69 Å². The lowest BCUT2D eigenvalue weighted by molar-refractivity contribution is -0.137. The molecule has 4 N–H and O–H groups in total. The fraction of sp³-hybridized carbons (Fsp3) is 0.333. The summed E-state index contributed by atoms with van der Waals surface area (Å²) in [6, 6.07) is 6.98. The Morgan fingerprint density at radius 2 is 2.06 bits per heavy atom. The quantitative estimate of drug-likeness (QED) is 0.578. The van der Waals surface area contributed by atoms with Gasteiger partial charge in [0.15, 0.2) is 5.69 Å². The van der Waals surface area contributed by atoms with Crippen molar-refractivity contribution in [3.8, 4) is 17.5 Å². The van der Waals surface area contributed by atoms with Crippen molar-refractivity contribution < 1.29 is 24.6 Å². The molecule has 0 bridgehead atoms. The zero-order valence-corrected chi connectivity index (χ0v) is 16.8. The molecule has 31 heavy (non-hydrogen) atoms. The van der Waals surface area contributed by atoms with Crippen LogP contribution in [0.2, 0.25) is 0 Å². The first-order valence-corrected chi connectivity index (χ1v) is 9.69. The van der Waals surface area contributed by atoms with Gasteiger partial charge < -0.3 is 25.7 Å². The maximum Gasteiger partial charge on any atom is 0.407 e. The topological polar surface area (TPSA) is 142 Å². The third-order valence-corrected chi connectivity index (χ3v) is 5.58. The fourth-order valence-electron chi connectivity index (χ4n) is 3.85. The molecule has 0 saturated carbocycles. The number of hydrogen-bond acceptors (Lipinski definition) is 5. The molecule has 10 nitrogen and oxygen atoms in total. The number of rotatable bonds is 2. The Morgan fingerprint density at radius 1 is 1.29 bits per heavy atom. The highest BCUT2D eigenvalue weighted by Crippen LogP contribution is 2.26. The van der Waals surface area contributed by atoms with Gasteiger partial charge in [-0.15, -0.1) is 0 Å². The Morgan fingerprint density at radius 3 is 2.71 bits per heavy atom. The van der Waals surface area contributed by atoms with E-state index in [0.717, 1.165) is 0 Å². The van der Waals surface area contributed by atoms with Crippen molar-refractivity contribution in [3.63, 3.8) is 0 Å². The molecule has 2 aliphatic heterocycles. The molecule has 0 radical (unpaired) electrons. The van der Waals surface area contributed by atoms with E-state index in [0.29, 0.717) is 35.5 Å². The Labute approximate surface area is 177 Å². The van der Waals surface area contributed by atoms with E-state index in [4.69, 9.17) is 5.73 Å². The van der Waals surface area contributed by atoms with Gasteiger partial charge in [0.2, 0.25) is 5.60 Å². The number of carbonyl (C=O) groups excluding carboxylic acids is 2. The average Bonchev–Trinajstić information content (AvgIpc) is 3.26. The van der Waals surface area contributed by atoms with Gasteiger partial charge in [-0.1, -0.05) is 17.9 Å². The highest BCUT2D eigenvalue weighted by Gasteiger charge is 2.42. The van der Waals surface area contributed by atoms with Gasteiger partial charge in [-0.05, 0) is 18.2 Å². The molecule has 0 aliphatic carbocycles. The summed E-state index contributed by atoms with van der Waals surface area (Å²) in [5, 5.41) is 24.1. The molecule has 1 atom stereocenters. The normalized spacial score (nSPS) is 20.3. The van der Waals surface area contributed by atoms with Gasteiger partial charge in [-0.3, -0.25) is 9.59 Å². The van der Waals surface area contributed by atoms with Crippen LogP contribution < -0.4 is 5.73 Å². The number of carbonyl (C=O) groups is 3. The van der Waals surface area contributed by atoms with Crippen molar-refractivity contribution in [1.29, 1.82) is 0 Å². The molecular weight excluding hydrogens is 402 g/mol. The second-order valence-electron chi connectivity index (χ2n) is 7.64. The second kappa shape index (κ2) is 7.45. The minimum atomic E-state index is -1.70. The molecule has 1 aromatic heterocycles. The number of benzene rings is 1. The largest absolute Gasteiger partial charge is 0.465 e. The summed E-state index contributed by atoms with van der Waals surface area (Å²) in [5.41, 5.74) is 6.18. The number of likely N-dealkylation sites (N-methyl/N-ethyl adjacent to an activating group) is 1. The van der Waals surface area contributed by atoms with Crippen LogP contribution in [0, 0.1) is 11.8 Å². The molecule has 10 heteroatoms. The van der Waals surface area contributed by atoms with Crippen LogP contribution in [0.3, 0.4) is 0 Å². The Kier molecular flexibility index (Phi) is 4.91. The summed E-state index contributed by atoms with van der Waals surface area (Å²) in [4.78, 5) is 38.0. The number of aromatic nitrogens is 2. The van der Waals surface area contributed by atoms with Gasteiger partial charge >= 0.3 is 6.09 Å². The van der Waals surface area contributed by atoms with Crippen LogP contribution in [-0.2, 0) is 17.8 Å². The zero-order chi connectivity index (χ0) is 22.3. The molecule has 0 unspecified atom stereocenters. The number of amides is 3. The van der Waals surface area contributed by atoms with E-state index >= 15 is 0 Å². The minimum absolute atomic E-state index is 0.0328. The van der Waals surface area contributed by atoms with E-state index < -0.39 is 23.5 Å². The lowest BCUT2D eigenvalue weighted by Gasteiger charge is -2.25. The maximum atomic E-state index is 12.1. The third kappa shape index (κ3) is 3.60. The van der Waals surface area contributed by atoms with Crippen LogP contribution in [-0.4, -0.2) is 73.4 Å². The Hall–Kier alpha value is -3.84. The van der Waals surface area contributed by atoms with Crippen LogP contribution in [0.15, 0.2) is 24.3 Å². The van der Waals surface area contributed by atoms with E-state index in [1.54, 1.807) is 36.0 Å². The van der Waals surface area contributed by atoms with Crippen LogP contribution in [0.5, 0.6) is 0 Å². The molecule has 2 aliphatic rings. The van der Waals surface area contributed by atoms with Gasteiger partial charge in [0.05, 0.1) is 17.9 Å². The first-order valence-electron chi connectivity index (χ1n) is 9.69. The molecule has 160 valence electrons. The average molecular weight is 423 g/mol. The number of hydrogen-bond donors (Lipinski definition) is 3. The Balaban J connectivity index is 1.71. The van der Waals surface area contributed by atoms with Crippen LogP contribution in [0.4, 0.5) is 4.79 Å². The van der Waals surface area contributed by atoms with Crippen LogP contribution >= 0.6 is 0 Å². The SMILES string of the molecule is CN1CC[C@@](O)(C#Cc2cccc(-n3nc(C(N)=O)c4c3CCN(C(=O)O)C4)c2)C1=O. The molecule has 0 spiro atoms. The number of aliphatic hydroxyl groups is 1. The Bertz CT molecular complexity index is 1160. The first kappa shape index (κ1) is 20.4. The van der Waals surface area contributed by atoms with Crippen molar-refractivity contribution >= 4 is 17.9 Å². The number of likely N-dealkylation sites (tertiary alicyclic amines) is 1. The summed E-state index contributed by atoms with van der Waals surface area (Å²) in [5.74, 6) is 4.37. The lowest BCUT2D eigenvalue weighted by atomic mass is 10.0. The predicted octanol–water partition coefficient (Wildman–Crippen LogP) is -0.0480. The number of carboxylic acid groups (broad SMARTS) is 1. The molecule has 1 aromatic carbocycles. The number of primary amides is 1. The second-order valence-corrected chi connectivity index (χ2v) is 7.64. The summed E-state index contributed by atoms with van der Waals surface area (Å²) in [7, 11) is 1.62. The summed E-state index contributed by atoms with van der Waals surface area (Å²) >= 11 is 0. The summed E-state index contributed by atoms with van der Waals surface area (Å²) < 4.78 is 1.57. The van der Waals surface area contributed by atoms with Crippen molar-refractivity contribution in [2.24, 2.45) is 5.73 Å². The zero-order valence-electron chi connectivity index (χ0n) is 16.8. The van der Waals surface area contributed by atoms with E-state index in [1.807, 2.05) is 0 Å². The smallest absolute Gasteiger partial charge is 0.407 e. The number of nitrogens with two attached hydrogens (primary N) is 1. The van der Waals surface area contributed by atoms with E-state index in [2.05, 4.69) is 16.9 Å². The monoisotopic (exact) mass is 423 g/mol. The van der Waals surface area contributed by atoms with Crippen molar-refractivity contribution in [3.05, 3.63) is 46.8 Å². The van der Waals surface area contributed by atoms with Crippen molar-refractivity contribution in [2.45, 2.75) is 25.0 Å². The molecule has 1 fully saturated rings. The first-order chi connectivity index (χ1) is 14.7. The molecule has 3 heterocycles. The summed E-state index contributed by atoms with van der Waals surface area (Å²) in [6.07, 6.45) is -0.460. The molecule has 3 amide bonds. The van der Waals surface area contributed by atoms with Gasteiger partial charge in [0.25, 0.3) is 11.8 Å². The maximum absolute atomic E-state index is 12.1. The third-order valence-electron chi connectivity index (χ3n) is 5.58. The number of nitrogens with zero attached hydrogens (tertiary/aromatic N) is 4. The molecule has 1 saturated heterocycles. The van der Waals surface area contributed by atoms with Crippen molar-refractivity contribution in [2.75, 3.05) is 20.1 Å². The molecular formula is C21H21N5O5.